The number of halogens is 1. The van der Waals surface area contributed by atoms with E-state index in [2.05, 4.69) is 24.1 Å². The average molecular weight is 702 g/mol. The van der Waals surface area contributed by atoms with Gasteiger partial charge in [0.2, 0.25) is 0 Å². The Bertz CT molecular complexity index is 1910. The third-order valence-corrected chi connectivity index (χ3v) is 12.1. The van der Waals surface area contributed by atoms with Crippen molar-refractivity contribution >= 4 is 28.6 Å². The van der Waals surface area contributed by atoms with Crippen LogP contribution in [0.2, 0.25) is 0 Å². The molecule has 1 aromatic heterocycles. The Labute approximate surface area is 299 Å². The number of hydrogen-bond acceptors (Lipinski definition) is 10. The number of β-amino-alcohol motifs (C(OH)–C–C–N with tert-alkyl or cyclic N) is 1. The van der Waals surface area contributed by atoms with Gasteiger partial charge in [-0.15, -0.1) is 0 Å². The SMILES string of the molecule is CCc1cccc2cc(O)cc(C3NC=c4c(N5CCOC[C@@](C)(O)C5)nc(OC[C@]56CCCC5N([C@H]5CCO[C@@H](C)C5)CCC6)nc4=C3F)c12. The Hall–Kier alpha value is -3.51. The first-order valence-corrected chi connectivity index (χ1v) is 19.0. The van der Waals surface area contributed by atoms with Crippen LogP contribution in [0.25, 0.3) is 22.8 Å². The van der Waals surface area contributed by atoms with E-state index in [9.17, 15) is 10.2 Å². The number of piperidine rings is 1. The second kappa shape index (κ2) is 13.8. The van der Waals surface area contributed by atoms with Gasteiger partial charge in [0.05, 0.1) is 37.7 Å². The largest absolute Gasteiger partial charge is 0.508 e. The number of nitrogens with one attached hydrogen (secondary N) is 1. The molecule has 51 heavy (non-hydrogen) atoms. The minimum atomic E-state index is -1.12. The van der Waals surface area contributed by atoms with E-state index in [1.54, 1.807) is 25.3 Å². The molecule has 5 heterocycles. The highest BCUT2D eigenvalue weighted by Gasteiger charge is 2.50. The fourth-order valence-corrected chi connectivity index (χ4v) is 9.75. The number of aromatic nitrogens is 2. The lowest BCUT2D eigenvalue weighted by atomic mass is 9.74. The predicted octanol–water partition coefficient (Wildman–Crippen LogP) is 4.23. The zero-order valence-electron chi connectivity index (χ0n) is 30.2. The number of aryl methyl sites for hydroxylation is 1. The molecular weight excluding hydrogens is 649 g/mol. The number of ether oxygens (including phenoxy) is 3. The van der Waals surface area contributed by atoms with E-state index in [1.807, 2.05) is 23.1 Å². The van der Waals surface area contributed by atoms with E-state index in [-0.39, 0.29) is 41.8 Å². The van der Waals surface area contributed by atoms with Gasteiger partial charge in [-0.2, -0.15) is 9.97 Å². The molecule has 11 heteroatoms. The lowest BCUT2D eigenvalue weighted by Gasteiger charge is -2.50. The number of aliphatic hydroxyl groups is 1. The summed E-state index contributed by atoms with van der Waals surface area (Å²) in [4.78, 5) is 14.5. The van der Waals surface area contributed by atoms with Crippen LogP contribution in [0, 0.1) is 5.41 Å². The van der Waals surface area contributed by atoms with E-state index in [0.717, 1.165) is 80.9 Å². The molecule has 3 aromatic rings. The van der Waals surface area contributed by atoms with E-state index in [1.165, 1.54) is 0 Å². The molecule has 5 aliphatic rings. The summed E-state index contributed by atoms with van der Waals surface area (Å²) in [5.41, 5.74) is 0.578. The zero-order chi connectivity index (χ0) is 35.3. The highest BCUT2D eigenvalue weighted by molar-refractivity contribution is 5.91. The second-order valence-corrected chi connectivity index (χ2v) is 15.8. The number of hydrogen-bond donors (Lipinski definition) is 3. The van der Waals surface area contributed by atoms with Crippen LogP contribution in [-0.2, 0) is 15.9 Å². The Morgan fingerprint density at radius 1 is 1.12 bits per heavy atom. The first-order valence-electron chi connectivity index (χ1n) is 19.0. The maximum absolute atomic E-state index is 17.2. The second-order valence-electron chi connectivity index (χ2n) is 15.8. The summed E-state index contributed by atoms with van der Waals surface area (Å²) in [5.74, 6) is 0.109. The molecule has 2 aromatic carbocycles. The van der Waals surface area contributed by atoms with Gasteiger partial charge >= 0.3 is 6.01 Å². The van der Waals surface area contributed by atoms with Gasteiger partial charge in [0, 0.05) is 36.9 Å². The van der Waals surface area contributed by atoms with Crippen molar-refractivity contribution in [3.8, 4) is 11.8 Å². The Morgan fingerprint density at radius 2 is 1.98 bits per heavy atom. The third kappa shape index (κ3) is 6.55. The van der Waals surface area contributed by atoms with Crippen LogP contribution in [0.3, 0.4) is 0 Å². The minimum Gasteiger partial charge on any atom is -0.508 e. The minimum absolute atomic E-state index is 0.0190. The number of fused-ring (bicyclic) bond motifs is 3. The van der Waals surface area contributed by atoms with Gasteiger partial charge in [0.15, 0.2) is 5.83 Å². The van der Waals surface area contributed by atoms with Crippen molar-refractivity contribution in [3.63, 3.8) is 0 Å². The van der Waals surface area contributed by atoms with Crippen molar-refractivity contribution in [2.75, 3.05) is 51.0 Å². The maximum atomic E-state index is 17.2. The monoisotopic (exact) mass is 701 g/mol. The molecule has 2 unspecified atom stereocenters. The molecule has 3 N–H and O–H groups in total. The first kappa shape index (κ1) is 34.6. The lowest BCUT2D eigenvalue weighted by molar-refractivity contribution is -0.0701. The van der Waals surface area contributed by atoms with Crippen LogP contribution >= 0.6 is 0 Å². The molecule has 0 amide bonds. The average Bonchev–Trinajstić information content (AvgIpc) is 3.47. The summed E-state index contributed by atoms with van der Waals surface area (Å²) < 4.78 is 35.5. The summed E-state index contributed by atoms with van der Waals surface area (Å²) in [6, 6.07) is 9.54. The summed E-state index contributed by atoms with van der Waals surface area (Å²) in [6.07, 6.45) is 10.5. The number of anilines is 1. The quantitative estimate of drug-likeness (QED) is 0.331. The highest BCUT2D eigenvalue weighted by Crippen LogP contribution is 2.49. The van der Waals surface area contributed by atoms with E-state index in [0.29, 0.717) is 48.4 Å². The molecular formula is C40H52FN5O5. The van der Waals surface area contributed by atoms with E-state index >= 15 is 4.39 Å². The fourth-order valence-electron chi connectivity index (χ4n) is 9.75. The molecule has 8 rings (SSSR count). The Morgan fingerprint density at radius 3 is 2.82 bits per heavy atom. The van der Waals surface area contributed by atoms with Gasteiger partial charge < -0.3 is 34.6 Å². The van der Waals surface area contributed by atoms with Crippen molar-refractivity contribution < 1.29 is 28.8 Å². The number of nitrogens with zero attached hydrogens (tertiary/aromatic N) is 4. The van der Waals surface area contributed by atoms with Crippen LogP contribution in [0.4, 0.5) is 10.2 Å². The molecule has 3 saturated heterocycles. The van der Waals surface area contributed by atoms with Crippen molar-refractivity contribution in [3.05, 3.63) is 52.0 Å². The molecule has 10 nitrogen and oxygen atoms in total. The molecule has 0 bridgehead atoms. The predicted molar refractivity (Wildman–Crippen MR) is 195 cm³/mol. The van der Waals surface area contributed by atoms with E-state index < -0.39 is 17.5 Å². The number of likely N-dealkylation sites (tertiary alicyclic amines) is 1. The summed E-state index contributed by atoms with van der Waals surface area (Å²) in [5, 5.41) is 27.6. The van der Waals surface area contributed by atoms with Gasteiger partial charge in [-0.05, 0) is 99.4 Å². The first-order chi connectivity index (χ1) is 24.6. The van der Waals surface area contributed by atoms with Gasteiger partial charge in [0.1, 0.15) is 28.6 Å². The van der Waals surface area contributed by atoms with Crippen LogP contribution in [0.1, 0.15) is 82.9 Å². The fraction of sp³-hybridized carbons (Fsp3) is 0.600. The van der Waals surface area contributed by atoms with Gasteiger partial charge in [-0.3, -0.25) is 4.90 Å². The Kier molecular flexibility index (Phi) is 9.35. The van der Waals surface area contributed by atoms with Crippen LogP contribution < -0.4 is 25.5 Å². The summed E-state index contributed by atoms with van der Waals surface area (Å²) in [6.45, 7) is 9.71. The number of aromatic hydroxyl groups is 1. The number of phenolic OH excluding ortho intramolecular Hbond substituents is 1. The molecule has 4 aliphatic heterocycles. The normalized spacial score (nSPS) is 31.4. The molecule has 1 aliphatic carbocycles. The summed E-state index contributed by atoms with van der Waals surface area (Å²) >= 11 is 0. The molecule has 6 atom stereocenters. The van der Waals surface area contributed by atoms with Crippen molar-refractivity contribution in [1.82, 2.24) is 20.2 Å². The standard InChI is InChI=1S/C40H52FN5O5/c1-4-26-8-5-9-27-19-29(47)20-30(33(26)27)35-34(41)36-31(21-42-35)37(45-15-17-49-23-39(3,48)22-45)44-38(43-36)51-24-40-12-6-10-32(40)46(14-7-13-40)28-11-16-50-25(2)18-28/h5,8-9,19-21,25,28,32,35,42,47-48H,4,6-7,10-18,22-24H2,1-3H3/t25-,28-,32?,35?,39-,40+/m0/s1. The van der Waals surface area contributed by atoms with Crippen LogP contribution in [0.5, 0.6) is 11.8 Å². The number of phenols is 1. The summed E-state index contributed by atoms with van der Waals surface area (Å²) in [7, 11) is 0. The lowest BCUT2D eigenvalue weighted by Crippen LogP contribution is -2.57. The molecule has 4 fully saturated rings. The topological polar surface area (TPSA) is 112 Å². The molecule has 0 spiro atoms. The molecule has 0 radical (unpaired) electrons. The van der Waals surface area contributed by atoms with E-state index in [4.69, 9.17) is 24.2 Å². The van der Waals surface area contributed by atoms with Crippen molar-refractivity contribution in [1.29, 1.82) is 0 Å². The van der Waals surface area contributed by atoms with Crippen LogP contribution in [0.15, 0.2) is 30.3 Å². The smallest absolute Gasteiger partial charge is 0.319 e. The molecule has 1 saturated carbocycles. The van der Waals surface area contributed by atoms with Gasteiger partial charge in [-0.1, -0.05) is 31.5 Å². The zero-order valence-corrected chi connectivity index (χ0v) is 30.2. The highest BCUT2D eigenvalue weighted by atomic mass is 19.1. The van der Waals surface area contributed by atoms with Crippen LogP contribution in [-0.4, -0.2) is 94.9 Å². The molecule has 274 valence electrons. The number of benzene rings is 2. The van der Waals surface area contributed by atoms with Gasteiger partial charge in [0.25, 0.3) is 0 Å². The number of rotatable bonds is 7. The maximum Gasteiger partial charge on any atom is 0.319 e. The Balaban J connectivity index is 1.19. The van der Waals surface area contributed by atoms with Crippen molar-refractivity contribution in [2.45, 2.75) is 102 Å². The third-order valence-electron chi connectivity index (χ3n) is 12.1. The van der Waals surface area contributed by atoms with Crippen molar-refractivity contribution in [2.24, 2.45) is 5.41 Å². The van der Waals surface area contributed by atoms with Gasteiger partial charge in [-0.25, -0.2) is 4.39 Å².